The van der Waals surface area contributed by atoms with Crippen LogP contribution >= 0.6 is 0 Å². The molecule has 0 aliphatic heterocycles. The molecule has 0 aromatic carbocycles. The van der Waals surface area contributed by atoms with Crippen molar-refractivity contribution in [2.45, 2.75) is 0 Å². The van der Waals surface area contributed by atoms with Gasteiger partial charge in [-0.3, -0.25) is 4.79 Å². The number of hydrogen-bond donors (Lipinski definition) is 1. The van der Waals surface area contributed by atoms with Gasteiger partial charge < -0.3 is 9.92 Å². The molecule has 0 rings (SSSR count). The molecule has 0 amide bonds. The molecule has 0 heterocycles. The van der Waals surface area contributed by atoms with Crippen LogP contribution in [0.4, 0.5) is 0 Å². The van der Waals surface area contributed by atoms with Crippen LogP contribution < -0.4 is 5.73 Å². The third-order valence-electron chi connectivity index (χ3n) is 0.554. The fraction of sp³-hybridized carbons (Fsp3) is 0.667. The molecule has 2 N–H and O–H groups in total. The molecule has 56 valence electrons. The molecule has 0 saturated heterocycles. The summed E-state index contributed by atoms with van der Waals surface area (Å²) in [5.74, 6) is -0.328. The van der Waals surface area contributed by atoms with E-state index in [-0.39, 0.29) is 48.3 Å². The average molecular weight is 177 g/mol. The van der Waals surface area contributed by atoms with Crippen LogP contribution in [0.15, 0.2) is 0 Å². The molecular formula is C3H8NNaO4S. The molecule has 5 nitrogen and oxygen atoms in total. The maximum atomic E-state index is 10.3. The third kappa shape index (κ3) is 6.50. The molecule has 0 aromatic rings. The van der Waals surface area contributed by atoms with E-state index in [4.69, 9.17) is 5.73 Å². The van der Waals surface area contributed by atoms with Crippen LogP contribution in [0.2, 0.25) is 0 Å². The standard InChI is InChI=1S/C3H7NO4S.Na.H/c4-1-2-9(6,7)8-3-5;;/h3H,1-2,4H2;;. The maximum absolute atomic E-state index is 10.3. The summed E-state index contributed by atoms with van der Waals surface area (Å²) < 4.78 is 24.3. The van der Waals surface area contributed by atoms with E-state index >= 15 is 0 Å². The van der Waals surface area contributed by atoms with Gasteiger partial charge in [0.05, 0.1) is 5.75 Å². The Morgan fingerprint density at radius 3 is 2.30 bits per heavy atom. The van der Waals surface area contributed by atoms with Crippen molar-refractivity contribution >= 4 is 46.1 Å². The normalized spacial score (nSPS) is 9.70. The third-order valence-corrected chi connectivity index (χ3v) is 1.66. The summed E-state index contributed by atoms with van der Waals surface area (Å²) >= 11 is 0. The summed E-state index contributed by atoms with van der Waals surface area (Å²) in [7, 11) is -3.67. The molecule has 0 unspecified atom stereocenters. The van der Waals surface area contributed by atoms with Crippen molar-refractivity contribution in [1.29, 1.82) is 0 Å². The van der Waals surface area contributed by atoms with Gasteiger partial charge in [-0.05, 0) is 0 Å². The molecule has 7 heteroatoms. The topological polar surface area (TPSA) is 86.5 Å². The Kier molecular flexibility index (Phi) is 7.95. The Morgan fingerprint density at radius 2 is 2.00 bits per heavy atom. The molecule has 0 atom stereocenters. The van der Waals surface area contributed by atoms with Crippen molar-refractivity contribution in [2.75, 3.05) is 12.3 Å². The number of hydrogen-bond acceptors (Lipinski definition) is 5. The van der Waals surface area contributed by atoms with E-state index in [2.05, 4.69) is 4.18 Å². The predicted molar refractivity (Wildman–Crippen MR) is 37.1 cm³/mol. The molecule has 0 aliphatic carbocycles. The van der Waals surface area contributed by atoms with Crippen LogP contribution in [-0.2, 0) is 19.1 Å². The first-order chi connectivity index (χ1) is 4.12. The van der Waals surface area contributed by atoms with Gasteiger partial charge in [0, 0.05) is 6.54 Å². The average Bonchev–Trinajstić information content (AvgIpc) is 1.64. The van der Waals surface area contributed by atoms with Crippen molar-refractivity contribution in [2.24, 2.45) is 5.73 Å². The van der Waals surface area contributed by atoms with E-state index in [0.29, 0.717) is 0 Å². The van der Waals surface area contributed by atoms with E-state index in [9.17, 15) is 13.2 Å². The Morgan fingerprint density at radius 1 is 1.50 bits per heavy atom. The number of nitrogens with two attached hydrogens (primary N) is 1. The van der Waals surface area contributed by atoms with Crippen LogP contribution in [-0.4, -0.2) is 56.7 Å². The molecule has 0 fully saturated rings. The second-order valence-corrected chi connectivity index (χ2v) is 2.96. The van der Waals surface area contributed by atoms with Gasteiger partial charge in [-0.1, -0.05) is 0 Å². The predicted octanol–water partition coefficient (Wildman–Crippen LogP) is -2.20. The van der Waals surface area contributed by atoms with Crippen molar-refractivity contribution in [3.05, 3.63) is 0 Å². The fourth-order valence-corrected chi connectivity index (χ4v) is 0.757. The van der Waals surface area contributed by atoms with E-state index in [0.717, 1.165) is 0 Å². The van der Waals surface area contributed by atoms with Crippen LogP contribution in [0.5, 0.6) is 0 Å². The van der Waals surface area contributed by atoms with E-state index < -0.39 is 10.1 Å². The Balaban J connectivity index is 0. The number of carbonyl (C=O) groups excluding carboxylic acids is 1. The minimum absolute atomic E-state index is 0. The van der Waals surface area contributed by atoms with Gasteiger partial charge in [0.25, 0.3) is 0 Å². The van der Waals surface area contributed by atoms with Gasteiger partial charge in [-0.2, -0.15) is 8.42 Å². The van der Waals surface area contributed by atoms with Gasteiger partial charge >= 0.3 is 46.1 Å². The molecular weight excluding hydrogens is 169 g/mol. The molecule has 0 aromatic heterocycles. The fourth-order valence-electron chi connectivity index (χ4n) is 0.252. The van der Waals surface area contributed by atoms with Gasteiger partial charge in [0.1, 0.15) is 0 Å². The zero-order chi connectivity index (χ0) is 7.33. The molecule has 0 bridgehead atoms. The SMILES string of the molecule is NCCS(=O)(=O)OC=O.[NaH]. The summed E-state index contributed by atoms with van der Waals surface area (Å²) in [4.78, 5) is 9.45. The van der Waals surface area contributed by atoms with Crippen molar-refractivity contribution in [1.82, 2.24) is 0 Å². The zero-order valence-corrected chi connectivity index (χ0v) is 5.43. The first-order valence-corrected chi connectivity index (χ1v) is 3.75. The molecule has 0 radical (unpaired) electrons. The number of carbonyl (C=O) groups is 1. The van der Waals surface area contributed by atoms with Crippen LogP contribution in [0.25, 0.3) is 0 Å². The molecule has 0 aliphatic rings. The minimum atomic E-state index is -3.67. The van der Waals surface area contributed by atoms with Crippen LogP contribution in [0.3, 0.4) is 0 Å². The van der Waals surface area contributed by atoms with Crippen LogP contribution in [0, 0.1) is 0 Å². The zero-order valence-electron chi connectivity index (χ0n) is 4.61. The molecule has 10 heavy (non-hydrogen) atoms. The van der Waals surface area contributed by atoms with E-state index in [1.807, 2.05) is 0 Å². The van der Waals surface area contributed by atoms with Crippen molar-refractivity contribution in [3.8, 4) is 0 Å². The van der Waals surface area contributed by atoms with Crippen molar-refractivity contribution in [3.63, 3.8) is 0 Å². The van der Waals surface area contributed by atoms with Gasteiger partial charge in [0.15, 0.2) is 0 Å². The summed E-state index contributed by atoms with van der Waals surface area (Å²) in [6, 6.07) is 0. The Labute approximate surface area is 81.3 Å². The first-order valence-electron chi connectivity index (χ1n) is 2.17. The first kappa shape index (κ1) is 13.0. The second-order valence-electron chi connectivity index (χ2n) is 1.24. The Hall–Kier alpha value is 0.380. The summed E-state index contributed by atoms with van der Waals surface area (Å²) in [6.45, 7) is -0.179. The van der Waals surface area contributed by atoms with Crippen LogP contribution in [0.1, 0.15) is 0 Å². The van der Waals surface area contributed by atoms with Gasteiger partial charge in [-0.25, -0.2) is 0 Å². The monoisotopic (exact) mass is 177 g/mol. The summed E-state index contributed by atoms with van der Waals surface area (Å²) in [6.07, 6.45) is 0. The van der Waals surface area contributed by atoms with Gasteiger partial charge in [-0.15, -0.1) is 0 Å². The van der Waals surface area contributed by atoms with E-state index in [1.54, 1.807) is 0 Å². The summed E-state index contributed by atoms with van der Waals surface area (Å²) in [5.41, 5.74) is 4.87. The summed E-state index contributed by atoms with van der Waals surface area (Å²) in [5, 5.41) is 0. The van der Waals surface area contributed by atoms with Crippen molar-refractivity contribution < 1.29 is 17.4 Å². The second kappa shape index (κ2) is 6.11. The number of rotatable bonds is 4. The Bertz CT molecular complexity index is 177. The van der Waals surface area contributed by atoms with E-state index in [1.165, 1.54) is 0 Å². The molecule has 0 spiro atoms. The quantitative estimate of drug-likeness (QED) is 0.299. The molecule has 0 saturated carbocycles. The van der Waals surface area contributed by atoms with Gasteiger partial charge in [0.2, 0.25) is 0 Å².